The van der Waals surface area contributed by atoms with Crippen LogP contribution in [0.25, 0.3) is 0 Å². The topological polar surface area (TPSA) is 115 Å². The van der Waals surface area contributed by atoms with Gasteiger partial charge in [0.25, 0.3) is 17.3 Å². The number of nitrogens with one attached hydrogen (secondary N) is 1. The molecule has 1 atom stereocenters. The lowest BCUT2D eigenvalue weighted by atomic mass is 9.87. The van der Waals surface area contributed by atoms with Gasteiger partial charge in [-0.05, 0) is 41.3 Å². The van der Waals surface area contributed by atoms with Crippen LogP contribution < -0.4 is 15.9 Å². The third-order valence-electron chi connectivity index (χ3n) is 7.27. The summed E-state index contributed by atoms with van der Waals surface area (Å²) >= 11 is 0. The molecule has 1 amide bonds. The van der Waals surface area contributed by atoms with E-state index in [1.54, 1.807) is 0 Å². The van der Waals surface area contributed by atoms with Crippen molar-refractivity contribution in [3.8, 4) is 0 Å². The van der Waals surface area contributed by atoms with Crippen LogP contribution in [0.5, 0.6) is 0 Å². The number of carbonyl (C=O) groups is 1. The van der Waals surface area contributed by atoms with E-state index in [-0.39, 0.29) is 11.6 Å². The molecule has 0 unspecified atom stereocenters. The van der Waals surface area contributed by atoms with Gasteiger partial charge in [0, 0.05) is 6.07 Å². The Labute approximate surface area is 240 Å². The van der Waals surface area contributed by atoms with E-state index in [0.717, 1.165) is 24.4 Å². The van der Waals surface area contributed by atoms with E-state index < -0.39 is 39.8 Å². The summed E-state index contributed by atoms with van der Waals surface area (Å²) in [5.41, 5.74) is -0.487. The number of benzene rings is 4. The molecule has 4 aromatic carbocycles. The lowest BCUT2D eigenvalue weighted by Crippen LogP contribution is -2.49. The van der Waals surface area contributed by atoms with Gasteiger partial charge in [-0.25, -0.2) is 0 Å². The van der Waals surface area contributed by atoms with E-state index in [4.69, 9.17) is 0 Å². The van der Waals surface area contributed by atoms with Crippen molar-refractivity contribution in [1.82, 2.24) is 5.32 Å². The van der Waals surface area contributed by atoms with E-state index in [2.05, 4.69) is 41.7 Å². The molecule has 0 aromatic heterocycles. The van der Waals surface area contributed by atoms with E-state index in [1.165, 1.54) is 16.2 Å². The van der Waals surface area contributed by atoms with Crippen molar-refractivity contribution in [3.63, 3.8) is 0 Å². The molecular formula is C32H33N3O5P+. The molecule has 4 aromatic rings. The van der Waals surface area contributed by atoms with Gasteiger partial charge in [0.15, 0.2) is 0 Å². The van der Waals surface area contributed by atoms with Crippen LogP contribution in [0.15, 0.2) is 109 Å². The quantitative estimate of drug-likeness (QED) is 0.132. The summed E-state index contributed by atoms with van der Waals surface area (Å²) in [6, 6.07) is 33.7. The third kappa shape index (κ3) is 6.84. The Bertz CT molecular complexity index is 1480. The minimum atomic E-state index is -2.21. The monoisotopic (exact) mass is 570 g/mol. The second kappa shape index (κ2) is 12.4. The summed E-state index contributed by atoms with van der Waals surface area (Å²) < 4.78 is 0. The number of nitro benzene ring substituents is 2. The first-order valence-corrected chi connectivity index (χ1v) is 15.4. The molecule has 0 spiro atoms. The summed E-state index contributed by atoms with van der Waals surface area (Å²) in [6.45, 7) is 6.11. The highest BCUT2D eigenvalue weighted by atomic mass is 31.2. The molecule has 0 aliphatic heterocycles. The van der Waals surface area contributed by atoms with E-state index >= 15 is 0 Å². The van der Waals surface area contributed by atoms with Crippen molar-refractivity contribution in [2.75, 3.05) is 6.16 Å². The van der Waals surface area contributed by atoms with Gasteiger partial charge < -0.3 is 5.32 Å². The highest BCUT2D eigenvalue weighted by molar-refractivity contribution is 7.88. The number of carbonyl (C=O) groups excluding carboxylic acids is 1. The van der Waals surface area contributed by atoms with Crippen molar-refractivity contribution in [2.24, 2.45) is 5.41 Å². The fourth-order valence-electron chi connectivity index (χ4n) is 4.99. The zero-order valence-electron chi connectivity index (χ0n) is 23.3. The van der Waals surface area contributed by atoms with Gasteiger partial charge in [0.1, 0.15) is 5.56 Å². The molecule has 4 rings (SSSR count). The standard InChI is InChI=1S/C32H32N3O5P/c1-32(2,3)30(33-31(36)28-20-19-25(34(37)38)21-29(28)35(39)40)23-41(26-15-9-5-10-16-26,27-17-11-6-12-18-27)22-24-13-7-4-8-14-24/h4-21,30H,22-23H2,1-3H3/p+1/t30-/m1/s1. The predicted molar refractivity (Wildman–Crippen MR) is 165 cm³/mol. The number of nitro groups is 2. The van der Waals surface area contributed by atoms with E-state index in [0.29, 0.717) is 6.16 Å². The van der Waals surface area contributed by atoms with Crippen LogP contribution in [-0.4, -0.2) is 28.0 Å². The fraction of sp³-hybridized carbons (Fsp3) is 0.219. The van der Waals surface area contributed by atoms with E-state index in [9.17, 15) is 25.0 Å². The molecule has 0 radical (unpaired) electrons. The maximum absolute atomic E-state index is 13.7. The summed E-state index contributed by atoms with van der Waals surface area (Å²) in [4.78, 5) is 35.2. The first-order valence-electron chi connectivity index (χ1n) is 13.3. The van der Waals surface area contributed by atoms with Crippen molar-refractivity contribution in [3.05, 3.63) is 141 Å². The number of nitrogens with zero attached hydrogens (tertiary/aromatic N) is 2. The fourth-order valence-corrected chi connectivity index (χ4v) is 9.79. The zero-order valence-corrected chi connectivity index (χ0v) is 24.2. The van der Waals surface area contributed by atoms with Crippen LogP contribution in [0.2, 0.25) is 0 Å². The number of hydrogen-bond donors (Lipinski definition) is 1. The molecule has 210 valence electrons. The molecule has 9 heteroatoms. The van der Waals surface area contributed by atoms with Gasteiger partial charge in [-0.1, -0.05) is 87.5 Å². The minimum absolute atomic E-state index is 0.207. The Hall–Kier alpha value is -4.42. The molecule has 0 bridgehead atoms. The Morgan fingerprint density at radius 1 is 0.780 bits per heavy atom. The average Bonchev–Trinajstić information content (AvgIpc) is 2.96. The summed E-state index contributed by atoms with van der Waals surface area (Å²) in [5.74, 6) is -0.634. The molecule has 1 N–H and O–H groups in total. The van der Waals surface area contributed by atoms with Crippen LogP contribution in [0.1, 0.15) is 36.7 Å². The zero-order chi connectivity index (χ0) is 29.6. The van der Waals surface area contributed by atoms with Gasteiger partial charge in [-0.2, -0.15) is 0 Å². The molecule has 8 nitrogen and oxygen atoms in total. The molecule has 0 aliphatic carbocycles. The molecule has 0 heterocycles. The molecule has 0 saturated heterocycles. The Morgan fingerprint density at radius 2 is 1.29 bits per heavy atom. The molecule has 41 heavy (non-hydrogen) atoms. The Kier molecular flexibility index (Phi) is 8.94. The lowest BCUT2D eigenvalue weighted by molar-refractivity contribution is -0.394. The van der Waals surface area contributed by atoms with Crippen molar-refractivity contribution in [1.29, 1.82) is 0 Å². The van der Waals surface area contributed by atoms with Crippen LogP contribution in [-0.2, 0) is 6.16 Å². The SMILES string of the molecule is CC(C)(C)[C@@H](C[P+](Cc1ccccc1)(c1ccccc1)c1ccccc1)NC(=O)c1ccc([N+](=O)[O-])cc1[N+](=O)[O-]. The molecule has 0 aliphatic rings. The second-order valence-electron chi connectivity index (χ2n) is 11.1. The maximum Gasteiger partial charge on any atom is 0.289 e. The first-order chi connectivity index (χ1) is 19.5. The number of non-ortho nitro benzene ring substituents is 1. The Balaban J connectivity index is 1.83. The number of hydrogen-bond acceptors (Lipinski definition) is 5. The smallest absolute Gasteiger partial charge is 0.289 e. The normalized spacial score (nSPS) is 12.4. The van der Waals surface area contributed by atoms with Gasteiger partial charge in [0.2, 0.25) is 0 Å². The van der Waals surface area contributed by atoms with Crippen LogP contribution in [0.4, 0.5) is 11.4 Å². The lowest BCUT2D eigenvalue weighted by Gasteiger charge is -2.37. The second-order valence-corrected chi connectivity index (χ2v) is 14.7. The number of amides is 1. The Morgan fingerprint density at radius 3 is 1.76 bits per heavy atom. The minimum Gasteiger partial charge on any atom is -0.345 e. The van der Waals surface area contributed by atoms with Crippen molar-refractivity contribution < 1.29 is 14.6 Å². The van der Waals surface area contributed by atoms with Gasteiger partial charge in [-0.15, -0.1) is 0 Å². The van der Waals surface area contributed by atoms with Crippen LogP contribution in [0.3, 0.4) is 0 Å². The molecule has 0 saturated carbocycles. The summed E-state index contributed by atoms with van der Waals surface area (Å²) in [7, 11) is -2.21. The largest absolute Gasteiger partial charge is 0.345 e. The predicted octanol–water partition coefficient (Wildman–Crippen LogP) is 6.52. The van der Waals surface area contributed by atoms with Crippen molar-refractivity contribution in [2.45, 2.75) is 33.0 Å². The molecule has 0 fully saturated rings. The molecular weight excluding hydrogens is 537 g/mol. The highest BCUT2D eigenvalue weighted by Crippen LogP contribution is 2.60. The maximum atomic E-state index is 13.7. The van der Waals surface area contributed by atoms with Crippen molar-refractivity contribution >= 4 is 35.2 Å². The van der Waals surface area contributed by atoms with Gasteiger partial charge in [-0.3, -0.25) is 25.0 Å². The van der Waals surface area contributed by atoms with Gasteiger partial charge in [0.05, 0.1) is 52.2 Å². The first kappa shape index (κ1) is 29.6. The number of rotatable bonds is 10. The van der Waals surface area contributed by atoms with Crippen LogP contribution in [0, 0.1) is 25.6 Å². The van der Waals surface area contributed by atoms with Crippen LogP contribution >= 0.6 is 7.26 Å². The highest BCUT2D eigenvalue weighted by Gasteiger charge is 2.47. The van der Waals surface area contributed by atoms with Gasteiger partial charge >= 0.3 is 0 Å². The van der Waals surface area contributed by atoms with E-state index in [1.807, 2.05) is 75.4 Å². The third-order valence-corrected chi connectivity index (χ3v) is 11.7. The summed E-state index contributed by atoms with van der Waals surface area (Å²) in [5, 5.41) is 28.5. The average molecular weight is 571 g/mol. The summed E-state index contributed by atoms with van der Waals surface area (Å²) in [6.07, 6.45) is 1.37.